The summed E-state index contributed by atoms with van der Waals surface area (Å²) >= 11 is 0.00979. The summed E-state index contributed by atoms with van der Waals surface area (Å²) in [4.78, 5) is 25.8. The van der Waals surface area contributed by atoms with Crippen molar-refractivity contribution in [1.82, 2.24) is 5.06 Å². The van der Waals surface area contributed by atoms with Crippen molar-refractivity contribution in [2.45, 2.75) is 12.8 Å². The van der Waals surface area contributed by atoms with Crippen LogP contribution >= 0.6 is 0 Å². The second-order valence-electron chi connectivity index (χ2n) is 2.18. The first kappa shape index (κ1) is 8.67. The van der Waals surface area contributed by atoms with Gasteiger partial charge in [-0.1, -0.05) is 0 Å². The first-order chi connectivity index (χ1) is 4.70. The fourth-order valence-corrected chi connectivity index (χ4v) is 1.22. The van der Waals surface area contributed by atoms with Crippen molar-refractivity contribution in [3.8, 4) is 0 Å². The van der Waals surface area contributed by atoms with Gasteiger partial charge in [0.25, 0.3) is 0 Å². The quantitative estimate of drug-likeness (QED) is 0.509. The molecule has 1 aliphatic rings. The predicted octanol–water partition coefficient (Wildman–Crippen LogP) is -0.171. The van der Waals surface area contributed by atoms with Crippen molar-refractivity contribution in [2.75, 3.05) is 6.54 Å². The van der Waals surface area contributed by atoms with Gasteiger partial charge in [-0.05, 0) is 0 Å². The molecule has 0 bridgehead atoms. The monoisotopic (exact) mass is 167 g/mol. The van der Waals surface area contributed by atoms with E-state index in [0.717, 1.165) is 11.5 Å². The van der Waals surface area contributed by atoms with E-state index in [-0.39, 0.29) is 54.9 Å². The van der Waals surface area contributed by atoms with Crippen LogP contribution in [0, 0.1) is 0 Å². The zero-order chi connectivity index (χ0) is 7.56. The van der Waals surface area contributed by atoms with E-state index in [1.807, 2.05) is 0 Å². The Bertz CT molecular complexity index is 170. The molecule has 0 spiro atoms. The van der Waals surface area contributed by atoms with Crippen LogP contribution in [0.2, 0.25) is 0 Å². The van der Waals surface area contributed by atoms with E-state index in [2.05, 4.69) is 4.84 Å². The van der Waals surface area contributed by atoms with Gasteiger partial charge in [-0.25, -0.2) is 0 Å². The number of carbonyl (C=O) groups is 2. The van der Waals surface area contributed by atoms with Crippen LogP contribution in [0.25, 0.3) is 0 Å². The van der Waals surface area contributed by atoms with Crippen LogP contribution in [0.3, 0.4) is 0 Å². The van der Waals surface area contributed by atoms with Gasteiger partial charge in [0, 0.05) is 0 Å². The molecule has 0 unspecified atom stereocenters. The maximum atomic E-state index is 10.8. The number of hydrogen-bond donors (Lipinski definition) is 0. The number of rotatable bonds is 1. The maximum absolute atomic E-state index is 10.8. The zero-order valence-corrected chi connectivity index (χ0v) is 8.92. The van der Waals surface area contributed by atoms with Crippen molar-refractivity contribution in [2.24, 2.45) is 0 Å². The summed E-state index contributed by atoms with van der Waals surface area (Å²) in [5.41, 5.74) is 0. The van der Waals surface area contributed by atoms with Gasteiger partial charge in [0.05, 0.1) is 0 Å². The molecule has 1 aliphatic heterocycles. The van der Waals surface area contributed by atoms with Crippen molar-refractivity contribution in [3.63, 3.8) is 0 Å². The number of carbonyl (C=O) groups excluding carboxylic acids is 2. The molecule has 4 nitrogen and oxygen atoms in total. The summed E-state index contributed by atoms with van der Waals surface area (Å²) in [5, 5.41) is 1.16. The van der Waals surface area contributed by atoms with Gasteiger partial charge in [-0.3, -0.25) is 0 Å². The number of hydroxylamine groups is 2. The third-order valence-electron chi connectivity index (χ3n) is 1.27. The predicted molar refractivity (Wildman–Crippen MR) is 33.2 cm³/mol. The Kier molecular flexibility index (Phi) is 3.31. The van der Waals surface area contributed by atoms with E-state index in [1.54, 1.807) is 0 Å². The summed E-state index contributed by atoms with van der Waals surface area (Å²) in [6.07, 6.45) is 1.32. The number of hydrogen-bond acceptors (Lipinski definition) is 3. The van der Waals surface area contributed by atoms with Crippen LogP contribution in [0.1, 0.15) is 12.8 Å². The Morgan fingerprint density at radius 1 is 1.70 bits per heavy atom. The molecular formula is C5H6KNO3. The molecule has 0 aliphatic carbocycles. The molecule has 0 aromatic heterocycles. The molecule has 1 amide bonds. The Balaban J connectivity index is 2.40. The second kappa shape index (κ2) is 3.82. The van der Waals surface area contributed by atoms with Gasteiger partial charge in [0.2, 0.25) is 0 Å². The molecule has 0 aromatic carbocycles. The Morgan fingerprint density at radius 3 is 2.80 bits per heavy atom. The van der Waals surface area contributed by atoms with E-state index < -0.39 is 0 Å². The summed E-state index contributed by atoms with van der Waals surface area (Å²) in [5.74, 6) is -0.0717. The third kappa shape index (κ3) is 2.32. The summed E-state index contributed by atoms with van der Waals surface area (Å²) in [6.45, 7) is 0.570. The summed E-state index contributed by atoms with van der Waals surface area (Å²) in [6, 6.07) is 0. The van der Waals surface area contributed by atoms with E-state index >= 15 is 0 Å². The molecule has 50 valence electrons. The van der Waals surface area contributed by atoms with Crippen LogP contribution < -0.4 is 0 Å². The molecule has 1 heterocycles. The fourth-order valence-electron chi connectivity index (χ4n) is 0.875. The van der Waals surface area contributed by atoms with Crippen molar-refractivity contribution in [3.05, 3.63) is 0 Å². The summed E-state index contributed by atoms with van der Waals surface area (Å²) < 4.78 is -0.247. The zero-order valence-electron chi connectivity index (χ0n) is 5.79. The minimum absolute atomic E-state index is 0.00979. The molecule has 1 saturated heterocycles. The van der Waals surface area contributed by atoms with E-state index in [0.29, 0.717) is 13.0 Å². The normalized spacial score (nSPS) is 17.8. The molecule has 1 rings (SSSR count). The fraction of sp³-hybridized carbons (Fsp3) is 0.600. The molecule has 0 atom stereocenters. The first-order valence-electron chi connectivity index (χ1n) is 3.19. The van der Waals surface area contributed by atoms with Crippen LogP contribution in [0.15, 0.2) is 0 Å². The molecule has 0 radical (unpaired) electrons. The standard InChI is InChI=1S/C5H6NO3.K/c7-4-9-6-3-1-2-5(6)8;/h1-3H2;. The second-order valence-corrected chi connectivity index (χ2v) is 3.46. The van der Waals surface area contributed by atoms with Crippen LogP contribution in [-0.2, 0) is 9.63 Å². The molecule has 0 saturated carbocycles. The van der Waals surface area contributed by atoms with Gasteiger partial charge >= 0.3 is 93.8 Å². The third-order valence-corrected chi connectivity index (χ3v) is 1.55. The Hall–Kier alpha value is 0.576. The molecule has 0 aromatic rings. The van der Waals surface area contributed by atoms with Crippen LogP contribution in [-0.4, -0.2) is 66.5 Å². The molecule has 1 fully saturated rings. The van der Waals surface area contributed by atoms with E-state index in [4.69, 9.17) is 0 Å². The average molecular weight is 167 g/mol. The van der Waals surface area contributed by atoms with Crippen LogP contribution in [0.4, 0.5) is 4.79 Å². The van der Waals surface area contributed by atoms with Gasteiger partial charge in [0.1, 0.15) is 0 Å². The van der Waals surface area contributed by atoms with E-state index in [9.17, 15) is 9.59 Å². The number of amides is 1. The number of nitrogens with zero attached hydrogens (tertiary/aromatic N) is 1. The van der Waals surface area contributed by atoms with Crippen molar-refractivity contribution in [1.29, 1.82) is 0 Å². The van der Waals surface area contributed by atoms with Crippen molar-refractivity contribution >= 4 is 54.9 Å². The molecular weight excluding hydrogens is 161 g/mol. The molecule has 0 N–H and O–H groups in total. The van der Waals surface area contributed by atoms with Gasteiger partial charge in [-0.2, -0.15) is 0 Å². The summed E-state index contributed by atoms with van der Waals surface area (Å²) in [7, 11) is 0. The van der Waals surface area contributed by atoms with Gasteiger partial charge in [-0.15, -0.1) is 0 Å². The van der Waals surface area contributed by atoms with Gasteiger partial charge in [0.15, 0.2) is 0 Å². The molecule has 10 heavy (non-hydrogen) atoms. The van der Waals surface area contributed by atoms with Crippen molar-refractivity contribution < 1.29 is 14.4 Å². The average Bonchev–Trinajstić information content (AvgIpc) is 2.15. The first-order valence-corrected chi connectivity index (χ1v) is 4.75. The van der Waals surface area contributed by atoms with E-state index in [1.165, 1.54) is 0 Å². The molecule has 5 heteroatoms. The topological polar surface area (TPSA) is 46.6 Å². The SMILES string of the molecule is O=[C]([K])ON1CCCC1=O. The Labute approximate surface area is 92.4 Å². The van der Waals surface area contributed by atoms with Crippen LogP contribution in [0.5, 0.6) is 0 Å². The Morgan fingerprint density at radius 2 is 2.40 bits per heavy atom. The minimum atomic E-state index is -0.247. The van der Waals surface area contributed by atoms with Gasteiger partial charge < -0.3 is 0 Å².